The van der Waals surface area contributed by atoms with Crippen LogP contribution in [0, 0.1) is 0 Å². The zero-order valence-electron chi connectivity index (χ0n) is 26.7. The molecule has 0 radical (unpaired) electrons. The molecule has 0 aliphatic carbocycles. The Morgan fingerprint density at radius 3 is 0.700 bits per heavy atom. The molecule has 0 saturated heterocycles. The van der Waals surface area contributed by atoms with Gasteiger partial charge in [0.05, 0.1) is 13.2 Å². The molecule has 6 heteroatoms. The maximum absolute atomic E-state index is 10.2. The normalized spacial score (nSPS) is 10.4. The summed E-state index contributed by atoms with van der Waals surface area (Å²) >= 11 is 0. The van der Waals surface area contributed by atoms with Crippen LogP contribution < -0.4 is 10.2 Å². The van der Waals surface area contributed by atoms with Gasteiger partial charge in [-0.1, -0.05) is 168 Å². The topological polar surface area (TPSA) is 121 Å². The lowest BCUT2D eigenvalue weighted by molar-refractivity contribution is -0.307. The Labute approximate surface area is 248 Å². The molecule has 0 amide bonds. The number of carboxylic acid groups (broad SMARTS) is 2. The van der Waals surface area contributed by atoms with E-state index in [1.54, 1.807) is 0 Å². The molecular weight excluding hydrogens is 504 g/mol. The Balaban J connectivity index is -0.000000614. The molecule has 0 aliphatic rings. The fraction of sp³-hybridized carbons (Fsp3) is 0.941. The Bertz CT molecular complexity index is 467. The molecule has 0 rings (SSSR count). The Kier molecular flexibility index (Phi) is 45.8. The summed E-state index contributed by atoms with van der Waals surface area (Å²) < 4.78 is 0. The minimum atomic E-state index is -0.907. The van der Waals surface area contributed by atoms with Crippen molar-refractivity contribution >= 4 is 11.9 Å². The number of aliphatic hydroxyl groups excluding tert-OH is 2. The highest BCUT2D eigenvalue weighted by molar-refractivity contribution is 5.64. The van der Waals surface area contributed by atoms with E-state index in [1.165, 1.54) is 141 Å². The average molecular weight is 573 g/mol. The van der Waals surface area contributed by atoms with E-state index in [2.05, 4.69) is 13.8 Å². The van der Waals surface area contributed by atoms with Gasteiger partial charge in [0.25, 0.3) is 0 Å². The second kappa shape index (κ2) is 42.3. The van der Waals surface area contributed by atoms with Crippen molar-refractivity contribution in [1.29, 1.82) is 0 Å². The first-order valence-corrected chi connectivity index (χ1v) is 17.1. The number of unbranched alkanes of at least 4 members (excludes halogenated alkanes) is 24. The smallest absolute Gasteiger partial charge is 0.0662 e. The second-order valence-corrected chi connectivity index (χ2v) is 11.2. The van der Waals surface area contributed by atoms with Gasteiger partial charge in [-0.05, 0) is 25.7 Å². The van der Waals surface area contributed by atoms with Crippen LogP contribution >= 0.6 is 0 Å². The molecule has 242 valence electrons. The summed E-state index contributed by atoms with van der Waals surface area (Å²) in [7, 11) is 0. The van der Waals surface area contributed by atoms with Gasteiger partial charge >= 0.3 is 0 Å². The van der Waals surface area contributed by atoms with Crippen molar-refractivity contribution in [3.05, 3.63) is 0 Å². The number of hydrogen-bond acceptors (Lipinski definition) is 6. The molecule has 0 aliphatic heterocycles. The number of carboxylic acids is 2. The van der Waals surface area contributed by atoms with Gasteiger partial charge in [0.2, 0.25) is 0 Å². The lowest BCUT2D eigenvalue weighted by atomic mass is 10.0. The molecule has 0 aromatic heterocycles. The summed E-state index contributed by atoms with van der Waals surface area (Å²) in [4.78, 5) is 20.4. The largest absolute Gasteiger partial charge is 0.550 e. The van der Waals surface area contributed by atoms with Gasteiger partial charge in [-0.15, -0.1) is 0 Å². The SMILES string of the molecule is CCCCCCCCCCCCCC(=O)[O-].CCCCCCCCCCCCCCCCCC(=O)[O-].OCCO. The molecule has 0 aromatic carbocycles. The summed E-state index contributed by atoms with van der Waals surface area (Å²) in [6.07, 6.45) is 33.9. The summed E-state index contributed by atoms with van der Waals surface area (Å²) in [5.41, 5.74) is 0. The van der Waals surface area contributed by atoms with Crippen LogP contribution in [-0.2, 0) is 9.59 Å². The zero-order chi connectivity index (χ0) is 30.4. The predicted molar refractivity (Wildman–Crippen MR) is 165 cm³/mol. The molecule has 0 saturated carbocycles. The van der Waals surface area contributed by atoms with Gasteiger partial charge in [-0.3, -0.25) is 0 Å². The van der Waals surface area contributed by atoms with E-state index in [9.17, 15) is 19.8 Å². The minimum Gasteiger partial charge on any atom is -0.550 e. The van der Waals surface area contributed by atoms with E-state index in [1.807, 2.05) is 0 Å². The molecule has 0 atom stereocenters. The molecule has 40 heavy (non-hydrogen) atoms. The van der Waals surface area contributed by atoms with Crippen LogP contribution in [0.2, 0.25) is 0 Å². The standard InChI is InChI=1S/C18H36O2.C14H28O2.C2H6O2/c1-2-3-4-5-6-7-8-9-10-11-12-13-14-15-16-17-18(19)20;1-2-3-4-5-6-7-8-9-10-11-12-13-14(15)16;3-1-2-4/h2-17H2,1H3,(H,19,20);2-13H2,1H3,(H,15,16);3-4H,1-2H2/p-2. The van der Waals surface area contributed by atoms with Crippen LogP contribution in [0.25, 0.3) is 0 Å². The van der Waals surface area contributed by atoms with Crippen LogP contribution in [0.3, 0.4) is 0 Å². The number of aliphatic carboxylic acids is 2. The molecule has 0 fully saturated rings. The monoisotopic (exact) mass is 573 g/mol. The van der Waals surface area contributed by atoms with Crippen LogP contribution in [0.4, 0.5) is 0 Å². The molecule has 2 N–H and O–H groups in total. The zero-order valence-corrected chi connectivity index (χ0v) is 26.7. The molecule has 0 bridgehead atoms. The second-order valence-electron chi connectivity index (χ2n) is 11.2. The molecule has 0 aromatic rings. The average Bonchev–Trinajstić information content (AvgIpc) is 2.94. The van der Waals surface area contributed by atoms with E-state index < -0.39 is 11.9 Å². The first-order chi connectivity index (χ1) is 19.5. The quantitative estimate of drug-likeness (QED) is 0.0900. The van der Waals surface area contributed by atoms with Crippen molar-refractivity contribution in [3.63, 3.8) is 0 Å². The molecular formula is C34H68O6-2. The molecule has 6 nitrogen and oxygen atoms in total. The van der Waals surface area contributed by atoms with Crippen molar-refractivity contribution < 1.29 is 30.0 Å². The first-order valence-electron chi connectivity index (χ1n) is 17.1. The van der Waals surface area contributed by atoms with Crippen LogP contribution in [0.1, 0.15) is 194 Å². The fourth-order valence-corrected chi connectivity index (χ4v) is 4.57. The van der Waals surface area contributed by atoms with Crippen molar-refractivity contribution in [1.82, 2.24) is 0 Å². The summed E-state index contributed by atoms with van der Waals surface area (Å²) in [6, 6.07) is 0. The third-order valence-corrected chi connectivity index (χ3v) is 7.07. The first kappa shape index (κ1) is 43.3. The van der Waals surface area contributed by atoms with Crippen LogP contribution in [0.5, 0.6) is 0 Å². The highest BCUT2D eigenvalue weighted by Gasteiger charge is 1.95. The lowest BCUT2D eigenvalue weighted by Gasteiger charge is -2.04. The Morgan fingerprint density at radius 2 is 0.550 bits per heavy atom. The summed E-state index contributed by atoms with van der Waals surface area (Å²) in [5, 5.41) is 35.6. The van der Waals surface area contributed by atoms with E-state index in [4.69, 9.17) is 10.2 Å². The number of carbonyl (C=O) groups excluding carboxylic acids is 2. The highest BCUT2D eigenvalue weighted by atomic mass is 16.4. The Hall–Kier alpha value is -1.14. The van der Waals surface area contributed by atoms with E-state index in [0.717, 1.165) is 25.7 Å². The summed E-state index contributed by atoms with van der Waals surface area (Å²) in [6.45, 7) is 4.26. The molecule has 0 heterocycles. The van der Waals surface area contributed by atoms with Gasteiger partial charge in [-0.2, -0.15) is 0 Å². The van der Waals surface area contributed by atoms with Crippen molar-refractivity contribution in [3.8, 4) is 0 Å². The van der Waals surface area contributed by atoms with Crippen molar-refractivity contribution in [2.45, 2.75) is 194 Å². The van der Waals surface area contributed by atoms with E-state index in [0.29, 0.717) is 0 Å². The number of carbonyl (C=O) groups is 2. The van der Waals surface area contributed by atoms with Crippen molar-refractivity contribution in [2.24, 2.45) is 0 Å². The van der Waals surface area contributed by atoms with Gasteiger partial charge in [-0.25, -0.2) is 0 Å². The van der Waals surface area contributed by atoms with Gasteiger partial charge < -0.3 is 30.0 Å². The van der Waals surface area contributed by atoms with Gasteiger partial charge in [0, 0.05) is 11.9 Å². The van der Waals surface area contributed by atoms with E-state index >= 15 is 0 Å². The lowest BCUT2D eigenvalue weighted by Crippen LogP contribution is -2.21. The van der Waals surface area contributed by atoms with Gasteiger partial charge in [0.1, 0.15) is 0 Å². The third kappa shape index (κ3) is 53.2. The van der Waals surface area contributed by atoms with Crippen LogP contribution in [0.15, 0.2) is 0 Å². The Morgan fingerprint density at radius 1 is 0.375 bits per heavy atom. The third-order valence-electron chi connectivity index (χ3n) is 7.07. The number of hydrogen-bond donors (Lipinski definition) is 2. The maximum Gasteiger partial charge on any atom is 0.0662 e. The highest BCUT2D eigenvalue weighted by Crippen LogP contribution is 2.14. The summed E-state index contributed by atoms with van der Waals surface area (Å²) in [5.74, 6) is -1.81. The maximum atomic E-state index is 10.2. The molecule has 0 spiro atoms. The van der Waals surface area contributed by atoms with Gasteiger partial charge in [0.15, 0.2) is 0 Å². The molecule has 0 unspecified atom stereocenters. The van der Waals surface area contributed by atoms with E-state index in [-0.39, 0.29) is 26.1 Å². The van der Waals surface area contributed by atoms with Crippen molar-refractivity contribution in [2.75, 3.05) is 13.2 Å². The predicted octanol–water partition coefficient (Wildman–Crippen LogP) is 7.41. The minimum absolute atomic E-state index is 0.125. The number of rotatable bonds is 29. The van der Waals surface area contributed by atoms with Crippen LogP contribution in [-0.4, -0.2) is 35.4 Å². The fourth-order valence-electron chi connectivity index (χ4n) is 4.57. The number of aliphatic hydroxyl groups is 2.